The molecule has 0 aliphatic carbocycles. The normalized spacial score (nSPS) is 15.2. The lowest BCUT2D eigenvalue weighted by Gasteiger charge is -2.10. The van der Waals surface area contributed by atoms with Gasteiger partial charge in [0.1, 0.15) is 11.3 Å². The highest BCUT2D eigenvalue weighted by atomic mass is 35.5. The predicted octanol–water partition coefficient (Wildman–Crippen LogP) is 6.63. The first-order valence-electron chi connectivity index (χ1n) is 20.9. The number of amides is 4. The van der Waals surface area contributed by atoms with Crippen molar-refractivity contribution in [1.29, 1.82) is 0 Å². The molecule has 2 N–H and O–H groups in total. The number of aromatic nitrogens is 4. The first-order valence-corrected chi connectivity index (χ1v) is 23.5. The van der Waals surface area contributed by atoms with Crippen LogP contribution in [0.3, 0.4) is 0 Å². The number of nitrogens with one attached hydrogen (secondary N) is 2. The van der Waals surface area contributed by atoms with E-state index in [4.69, 9.17) is 32.1 Å². The number of hydrogen-bond acceptors (Lipinski definition) is 11. The maximum atomic E-state index is 12.8. The molecule has 3 aliphatic rings. The van der Waals surface area contributed by atoms with E-state index in [1.54, 1.807) is 73.2 Å². The van der Waals surface area contributed by atoms with E-state index in [9.17, 15) is 27.6 Å². The van der Waals surface area contributed by atoms with Gasteiger partial charge in [-0.05, 0) is 82.7 Å². The van der Waals surface area contributed by atoms with E-state index < -0.39 is 33.7 Å². The molecule has 1 fully saturated rings. The molecule has 9 rings (SSSR count). The van der Waals surface area contributed by atoms with Crippen LogP contribution in [0.5, 0.6) is 0 Å². The van der Waals surface area contributed by atoms with E-state index in [0.717, 1.165) is 50.0 Å². The third kappa shape index (κ3) is 10.9. The SMILES string of the molecule is C1CCOC1.CN(C)CCCn1cc(C2=C(c3ccccc3Cl)C(=O)NC2=O)c2cccnc21.CS(=O)(=O)OCCCn1cc(C2=C(c3ccccc3Cl)C(=O)NC2=O)c2cccnc21. The number of ether oxygens (including phenoxy) is 1. The summed E-state index contributed by atoms with van der Waals surface area (Å²) in [6.45, 7) is 4.13. The van der Waals surface area contributed by atoms with Gasteiger partial charge in [-0.25, -0.2) is 9.97 Å². The number of nitrogens with zero attached hydrogens (tertiary/aromatic N) is 5. The average molecular weight is 941 g/mol. The van der Waals surface area contributed by atoms with Gasteiger partial charge >= 0.3 is 0 Å². The highest BCUT2D eigenvalue weighted by Crippen LogP contribution is 2.39. The smallest absolute Gasteiger partial charge is 0.264 e. The maximum Gasteiger partial charge on any atom is 0.264 e. The van der Waals surface area contributed by atoms with Gasteiger partial charge in [-0.3, -0.25) is 34.0 Å². The van der Waals surface area contributed by atoms with Crippen LogP contribution in [0.25, 0.3) is 44.4 Å². The zero-order valence-electron chi connectivity index (χ0n) is 36.0. The summed E-state index contributed by atoms with van der Waals surface area (Å²) < 4.78 is 35.9. The molecule has 18 heteroatoms. The molecule has 0 bridgehead atoms. The summed E-state index contributed by atoms with van der Waals surface area (Å²) in [6.07, 6.45) is 11.9. The minimum absolute atomic E-state index is 0.0210. The lowest BCUT2D eigenvalue weighted by Crippen LogP contribution is -2.22. The van der Waals surface area contributed by atoms with Gasteiger partial charge in [-0.15, -0.1) is 0 Å². The first-order chi connectivity index (χ1) is 31.2. The number of imide groups is 2. The van der Waals surface area contributed by atoms with Crippen LogP contribution in [0.2, 0.25) is 10.0 Å². The Morgan fingerprint density at radius 2 is 1.08 bits per heavy atom. The molecule has 4 amide bonds. The Labute approximate surface area is 386 Å². The van der Waals surface area contributed by atoms with Gasteiger partial charge in [-0.2, -0.15) is 8.42 Å². The molecule has 0 radical (unpaired) electrons. The van der Waals surface area contributed by atoms with E-state index in [0.29, 0.717) is 67.4 Å². The van der Waals surface area contributed by atoms with Crippen LogP contribution in [-0.2, 0) is 51.3 Å². The fourth-order valence-electron chi connectivity index (χ4n) is 7.76. The molecule has 338 valence electrons. The maximum absolute atomic E-state index is 12.8. The number of carbonyl (C=O) groups is 4. The molecule has 0 spiro atoms. The van der Waals surface area contributed by atoms with Gasteiger partial charge in [-0.1, -0.05) is 59.6 Å². The molecule has 15 nitrogen and oxygen atoms in total. The summed E-state index contributed by atoms with van der Waals surface area (Å²) in [7, 11) is 0.549. The van der Waals surface area contributed by atoms with Crippen LogP contribution < -0.4 is 10.6 Å². The monoisotopic (exact) mass is 939 g/mol. The molecular weight excluding hydrogens is 894 g/mol. The van der Waals surface area contributed by atoms with E-state index in [-0.39, 0.29) is 17.8 Å². The highest BCUT2D eigenvalue weighted by Gasteiger charge is 2.36. The highest BCUT2D eigenvalue weighted by molar-refractivity contribution is 7.85. The van der Waals surface area contributed by atoms with Crippen LogP contribution >= 0.6 is 23.2 Å². The minimum Gasteiger partial charge on any atom is -0.381 e. The largest absolute Gasteiger partial charge is 0.381 e. The quantitative estimate of drug-likeness (QED) is 0.0720. The second kappa shape index (κ2) is 20.9. The van der Waals surface area contributed by atoms with Gasteiger partial charge < -0.3 is 18.8 Å². The molecule has 6 aromatic rings. The number of aryl methyl sites for hydroxylation is 2. The summed E-state index contributed by atoms with van der Waals surface area (Å²) in [5.74, 6) is -1.88. The van der Waals surface area contributed by atoms with Crippen molar-refractivity contribution in [1.82, 2.24) is 34.6 Å². The number of rotatable bonds is 13. The average Bonchev–Trinajstić information content (AvgIpc) is 4.12. The number of pyridine rings is 2. The Kier molecular flexibility index (Phi) is 15.1. The summed E-state index contributed by atoms with van der Waals surface area (Å²) in [5.41, 5.74) is 4.72. The van der Waals surface area contributed by atoms with Gasteiger partial charge in [0.2, 0.25) is 0 Å². The van der Waals surface area contributed by atoms with Crippen LogP contribution in [0.15, 0.2) is 97.6 Å². The van der Waals surface area contributed by atoms with Crippen molar-refractivity contribution in [3.05, 3.63) is 130 Å². The molecule has 3 aliphatic heterocycles. The second-order valence-electron chi connectivity index (χ2n) is 15.6. The summed E-state index contributed by atoms with van der Waals surface area (Å²) in [5, 5.41) is 7.10. The third-order valence-electron chi connectivity index (χ3n) is 10.6. The number of fused-ring (bicyclic) bond motifs is 2. The molecular formula is C47H47Cl2N7O8S. The van der Waals surface area contributed by atoms with E-state index in [1.165, 1.54) is 12.8 Å². The molecule has 7 heterocycles. The Morgan fingerprint density at radius 3 is 1.48 bits per heavy atom. The Morgan fingerprint density at radius 1 is 0.646 bits per heavy atom. The lowest BCUT2D eigenvalue weighted by atomic mass is 9.96. The second-order valence-corrected chi connectivity index (χ2v) is 18.1. The molecule has 0 saturated carbocycles. The van der Waals surface area contributed by atoms with Crippen LogP contribution in [0.4, 0.5) is 0 Å². The molecule has 4 aromatic heterocycles. The van der Waals surface area contributed by atoms with Crippen molar-refractivity contribution in [2.24, 2.45) is 0 Å². The Bertz CT molecular complexity index is 2960. The molecule has 0 atom stereocenters. The van der Waals surface area contributed by atoms with Gasteiger partial charge in [0.05, 0.1) is 35.2 Å². The molecule has 0 unspecified atom stereocenters. The zero-order chi connectivity index (χ0) is 46.3. The number of benzene rings is 2. The number of hydrogen-bond donors (Lipinski definition) is 2. The van der Waals surface area contributed by atoms with Crippen LogP contribution in [0, 0.1) is 0 Å². The van der Waals surface area contributed by atoms with Crippen molar-refractivity contribution in [3.8, 4) is 0 Å². The molecule has 1 saturated heterocycles. The summed E-state index contributed by atoms with van der Waals surface area (Å²) in [4.78, 5) is 61.8. The fraction of sp³-hybridized carbons (Fsp3) is 0.277. The minimum atomic E-state index is -3.52. The zero-order valence-corrected chi connectivity index (χ0v) is 38.3. The van der Waals surface area contributed by atoms with Gasteiger partial charge in [0.25, 0.3) is 33.7 Å². The van der Waals surface area contributed by atoms with E-state index in [2.05, 4.69) is 25.5 Å². The van der Waals surface area contributed by atoms with Gasteiger partial charge in [0.15, 0.2) is 0 Å². The molecule has 2 aromatic carbocycles. The Hall–Kier alpha value is -6.01. The van der Waals surface area contributed by atoms with Gasteiger partial charge in [0, 0.05) is 94.2 Å². The van der Waals surface area contributed by atoms with Crippen LogP contribution in [0.1, 0.15) is 47.9 Å². The topological polar surface area (TPSA) is 184 Å². The van der Waals surface area contributed by atoms with Crippen molar-refractivity contribution in [2.45, 2.75) is 38.8 Å². The summed E-state index contributed by atoms with van der Waals surface area (Å²) in [6, 6.07) is 21.2. The lowest BCUT2D eigenvalue weighted by molar-refractivity contribution is -0.124. The number of carbonyl (C=O) groups excluding carboxylic acids is 4. The number of halogens is 2. The predicted molar refractivity (Wildman–Crippen MR) is 251 cm³/mol. The van der Waals surface area contributed by atoms with E-state index >= 15 is 0 Å². The van der Waals surface area contributed by atoms with Crippen molar-refractivity contribution in [2.75, 3.05) is 46.7 Å². The van der Waals surface area contributed by atoms with Crippen molar-refractivity contribution in [3.63, 3.8) is 0 Å². The summed E-state index contributed by atoms with van der Waals surface area (Å²) >= 11 is 12.7. The third-order valence-corrected chi connectivity index (χ3v) is 11.9. The van der Waals surface area contributed by atoms with Crippen LogP contribution in [-0.4, -0.2) is 103 Å². The fourth-order valence-corrected chi connectivity index (χ4v) is 8.64. The standard InChI is InChI=1S/C22H21ClN4O2.C21H18ClN3O5S.C4H8O/c1-26(2)11-6-12-27-13-16(14-8-5-10-24-20(14)27)19-18(21(28)25-22(19)29)15-7-3-4-9-17(15)23;1-31(28,29)30-11-5-10-25-12-15(13-7-4-9-23-19(13)25)18-17(20(26)24-21(18)27)14-6-2-3-8-16(14)22;1-2-4-5-3-1/h3-5,7-10,13H,6,11-12H2,1-2H3,(H,25,28,29);2-4,6-9,12H,5,10-11H2,1H3,(H,24,26,27);1-4H2. The van der Waals surface area contributed by atoms with Crippen molar-refractivity contribution >= 4 is 101 Å². The Balaban J connectivity index is 0.000000175. The van der Waals surface area contributed by atoms with Crippen molar-refractivity contribution < 1.29 is 36.5 Å². The first kappa shape index (κ1) is 47.0. The van der Waals surface area contributed by atoms with E-state index in [1.807, 2.05) is 47.6 Å². The molecule has 65 heavy (non-hydrogen) atoms.